The summed E-state index contributed by atoms with van der Waals surface area (Å²) in [6.45, 7) is 2.18. The van der Waals surface area contributed by atoms with Gasteiger partial charge in [-0.2, -0.15) is 11.8 Å². The smallest absolute Gasteiger partial charge is 0.159 e. The average Bonchev–Trinajstić information content (AvgIpc) is 2.39. The molecule has 0 aliphatic carbocycles. The van der Waals surface area contributed by atoms with Gasteiger partial charge in [0.05, 0.1) is 0 Å². The van der Waals surface area contributed by atoms with Crippen molar-refractivity contribution in [3.05, 3.63) is 29.4 Å². The SMILES string of the molecule is CSCC(C)N(C)c1nnc(Cl)c2ccccc12. The van der Waals surface area contributed by atoms with E-state index in [2.05, 4.69) is 28.3 Å². The van der Waals surface area contributed by atoms with Gasteiger partial charge in [0.25, 0.3) is 0 Å². The van der Waals surface area contributed by atoms with E-state index in [0.717, 1.165) is 22.3 Å². The maximum absolute atomic E-state index is 6.08. The Kier molecular flexibility index (Phi) is 4.30. The second kappa shape index (κ2) is 5.76. The van der Waals surface area contributed by atoms with Gasteiger partial charge >= 0.3 is 0 Å². The van der Waals surface area contributed by atoms with Crippen molar-refractivity contribution in [3.8, 4) is 0 Å². The molecule has 2 rings (SSSR count). The number of aromatic nitrogens is 2. The van der Waals surface area contributed by atoms with Crippen molar-refractivity contribution >= 4 is 40.0 Å². The summed E-state index contributed by atoms with van der Waals surface area (Å²) in [6, 6.07) is 8.37. The van der Waals surface area contributed by atoms with E-state index in [1.165, 1.54) is 0 Å². The number of nitrogens with zero attached hydrogens (tertiary/aromatic N) is 3. The van der Waals surface area contributed by atoms with Gasteiger partial charge in [-0.05, 0) is 13.2 Å². The topological polar surface area (TPSA) is 29.0 Å². The van der Waals surface area contributed by atoms with Gasteiger partial charge in [0.2, 0.25) is 0 Å². The second-order valence-electron chi connectivity index (χ2n) is 4.28. The lowest BCUT2D eigenvalue weighted by atomic mass is 10.2. The van der Waals surface area contributed by atoms with Crippen LogP contribution in [0, 0.1) is 0 Å². The van der Waals surface area contributed by atoms with Gasteiger partial charge in [-0.25, -0.2) is 0 Å². The quantitative estimate of drug-likeness (QED) is 0.858. The summed E-state index contributed by atoms with van der Waals surface area (Å²) in [7, 11) is 2.05. The second-order valence-corrected chi connectivity index (χ2v) is 5.54. The highest BCUT2D eigenvalue weighted by Crippen LogP contribution is 2.28. The Labute approximate surface area is 117 Å². The molecule has 1 heterocycles. The van der Waals surface area contributed by atoms with Crippen molar-refractivity contribution in [1.82, 2.24) is 10.2 Å². The number of rotatable bonds is 4. The van der Waals surface area contributed by atoms with Crippen LogP contribution in [0.25, 0.3) is 10.8 Å². The number of hydrogen-bond donors (Lipinski definition) is 0. The fraction of sp³-hybridized carbons (Fsp3) is 0.385. The molecule has 1 atom stereocenters. The Morgan fingerprint density at radius 3 is 2.61 bits per heavy atom. The Hall–Kier alpha value is -1.00. The standard InChI is InChI=1S/C13H16ClN3S/c1-9(8-18-3)17(2)13-11-7-5-4-6-10(11)12(14)15-16-13/h4-7,9H,8H2,1-3H3. The summed E-state index contributed by atoms with van der Waals surface area (Å²) in [6.07, 6.45) is 2.11. The maximum Gasteiger partial charge on any atom is 0.159 e. The van der Waals surface area contributed by atoms with Crippen LogP contribution in [0.4, 0.5) is 5.82 Å². The van der Waals surface area contributed by atoms with Gasteiger partial charge in [0, 0.05) is 29.6 Å². The van der Waals surface area contributed by atoms with E-state index in [-0.39, 0.29) is 0 Å². The average molecular weight is 282 g/mol. The summed E-state index contributed by atoms with van der Waals surface area (Å²) >= 11 is 7.90. The molecule has 0 N–H and O–H groups in total. The maximum atomic E-state index is 6.08. The van der Waals surface area contributed by atoms with E-state index >= 15 is 0 Å². The molecule has 2 aromatic rings. The zero-order chi connectivity index (χ0) is 13.1. The number of hydrogen-bond acceptors (Lipinski definition) is 4. The van der Waals surface area contributed by atoms with E-state index < -0.39 is 0 Å². The predicted molar refractivity (Wildman–Crippen MR) is 80.8 cm³/mol. The molecule has 0 amide bonds. The Morgan fingerprint density at radius 2 is 1.94 bits per heavy atom. The van der Waals surface area contributed by atoms with Crippen LogP contribution in [0.15, 0.2) is 24.3 Å². The van der Waals surface area contributed by atoms with Crippen LogP contribution < -0.4 is 4.90 Å². The molecule has 0 saturated carbocycles. The highest BCUT2D eigenvalue weighted by molar-refractivity contribution is 7.98. The van der Waals surface area contributed by atoms with Crippen molar-refractivity contribution in [2.24, 2.45) is 0 Å². The third kappa shape index (κ3) is 2.54. The summed E-state index contributed by atoms with van der Waals surface area (Å²) in [5, 5.41) is 10.7. The first-order chi connectivity index (χ1) is 8.65. The number of thioether (sulfide) groups is 1. The van der Waals surface area contributed by atoms with Crippen LogP contribution in [0.5, 0.6) is 0 Å². The molecule has 0 aliphatic heterocycles. The number of benzene rings is 1. The van der Waals surface area contributed by atoms with E-state index in [0.29, 0.717) is 11.2 Å². The first-order valence-electron chi connectivity index (χ1n) is 5.78. The third-order valence-electron chi connectivity index (χ3n) is 3.03. The Balaban J connectivity index is 2.48. The molecule has 1 unspecified atom stereocenters. The van der Waals surface area contributed by atoms with Crippen molar-refractivity contribution in [2.45, 2.75) is 13.0 Å². The molecule has 0 saturated heterocycles. The van der Waals surface area contributed by atoms with Gasteiger partial charge in [-0.1, -0.05) is 35.9 Å². The first kappa shape index (κ1) is 13.4. The molecule has 0 fully saturated rings. The lowest BCUT2D eigenvalue weighted by molar-refractivity contribution is 0.748. The Bertz CT molecular complexity index is 547. The monoisotopic (exact) mass is 281 g/mol. The van der Waals surface area contributed by atoms with Crippen LogP contribution in [0.2, 0.25) is 5.15 Å². The van der Waals surface area contributed by atoms with Crippen LogP contribution in [0.3, 0.4) is 0 Å². The fourth-order valence-corrected chi connectivity index (χ4v) is 2.79. The van der Waals surface area contributed by atoms with Crippen LogP contribution in [-0.4, -0.2) is 35.3 Å². The molecular weight excluding hydrogens is 266 g/mol. The van der Waals surface area contributed by atoms with E-state index in [4.69, 9.17) is 11.6 Å². The fourth-order valence-electron chi connectivity index (χ4n) is 1.88. The lowest BCUT2D eigenvalue weighted by Gasteiger charge is -2.26. The van der Waals surface area contributed by atoms with Crippen molar-refractivity contribution in [2.75, 3.05) is 24.0 Å². The van der Waals surface area contributed by atoms with Gasteiger partial charge in [-0.3, -0.25) is 0 Å². The molecule has 96 valence electrons. The summed E-state index contributed by atoms with van der Waals surface area (Å²) in [4.78, 5) is 2.15. The van der Waals surface area contributed by atoms with Crippen LogP contribution >= 0.6 is 23.4 Å². The van der Waals surface area contributed by atoms with Crippen molar-refractivity contribution < 1.29 is 0 Å². The lowest BCUT2D eigenvalue weighted by Crippen LogP contribution is -2.31. The zero-order valence-electron chi connectivity index (χ0n) is 10.7. The number of fused-ring (bicyclic) bond motifs is 1. The van der Waals surface area contributed by atoms with E-state index in [1.807, 2.05) is 43.1 Å². The molecule has 5 heteroatoms. The zero-order valence-corrected chi connectivity index (χ0v) is 12.3. The molecule has 0 aliphatic rings. The normalized spacial score (nSPS) is 12.7. The predicted octanol–water partition coefficient (Wildman–Crippen LogP) is 3.47. The highest BCUT2D eigenvalue weighted by Gasteiger charge is 2.15. The number of halogens is 1. The third-order valence-corrected chi connectivity index (χ3v) is 4.12. The molecule has 18 heavy (non-hydrogen) atoms. The Morgan fingerprint density at radius 1 is 1.28 bits per heavy atom. The minimum absolute atomic E-state index is 0.402. The van der Waals surface area contributed by atoms with Gasteiger partial charge in [0.15, 0.2) is 11.0 Å². The van der Waals surface area contributed by atoms with Gasteiger partial charge < -0.3 is 4.90 Å². The highest BCUT2D eigenvalue weighted by atomic mass is 35.5. The van der Waals surface area contributed by atoms with Crippen molar-refractivity contribution in [1.29, 1.82) is 0 Å². The summed E-state index contributed by atoms with van der Waals surface area (Å²) < 4.78 is 0. The van der Waals surface area contributed by atoms with Crippen molar-refractivity contribution in [3.63, 3.8) is 0 Å². The minimum Gasteiger partial charge on any atom is -0.354 e. The van der Waals surface area contributed by atoms with Gasteiger partial charge in [-0.15, -0.1) is 10.2 Å². The largest absolute Gasteiger partial charge is 0.354 e. The molecular formula is C13H16ClN3S. The summed E-state index contributed by atoms with van der Waals surface area (Å²) in [5.74, 6) is 1.94. The van der Waals surface area contributed by atoms with Crippen LogP contribution in [-0.2, 0) is 0 Å². The molecule has 0 radical (unpaired) electrons. The molecule has 0 bridgehead atoms. The van der Waals surface area contributed by atoms with E-state index in [9.17, 15) is 0 Å². The first-order valence-corrected chi connectivity index (χ1v) is 7.55. The van der Waals surface area contributed by atoms with E-state index in [1.54, 1.807) is 0 Å². The molecule has 1 aromatic heterocycles. The number of anilines is 1. The van der Waals surface area contributed by atoms with Crippen LogP contribution in [0.1, 0.15) is 6.92 Å². The molecule has 1 aromatic carbocycles. The van der Waals surface area contributed by atoms with Gasteiger partial charge in [0.1, 0.15) is 0 Å². The molecule has 3 nitrogen and oxygen atoms in total. The molecule has 0 spiro atoms. The summed E-state index contributed by atoms with van der Waals surface area (Å²) in [5.41, 5.74) is 0. The minimum atomic E-state index is 0.402.